The van der Waals surface area contributed by atoms with Gasteiger partial charge < -0.3 is 4.74 Å². The molecule has 1 fully saturated rings. The van der Waals surface area contributed by atoms with Crippen LogP contribution in [0, 0.1) is 0 Å². The van der Waals surface area contributed by atoms with Crippen LogP contribution in [-0.2, 0) is 4.74 Å². The van der Waals surface area contributed by atoms with E-state index < -0.39 is 0 Å². The van der Waals surface area contributed by atoms with Crippen molar-refractivity contribution in [3.05, 3.63) is 60.2 Å². The van der Waals surface area contributed by atoms with Crippen LogP contribution in [0.4, 0.5) is 0 Å². The van der Waals surface area contributed by atoms with Crippen molar-refractivity contribution in [3.63, 3.8) is 0 Å². The fraction of sp³-hybridized carbons (Fsp3) is 0.368. The van der Waals surface area contributed by atoms with Gasteiger partial charge >= 0.3 is 0 Å². The summed E-state index contributed by atoms with van der Waals surface area (Å²) < 4.78 is 5.41. The molecule has 2 aromatic rings. The predicted octanol–water partition coefficient (Wildman–Crippen LogP) is 3.79. The van der Waals surface area contributed by atoms with Crippen molar-refractivity contribution in [2.75, 3.05) is 32.8 Å². The molecule has 1 aliphatic heterocycles. The highest BCUT2D eigenvalue weighted by Crippen LogP contribution is 2.23. The van der Waals surface area contributed by atoms with Gasteiger partial charge in [-0.15, -0.1) is 0 Å². The van der Waals surface area contributed by atoms with Gasteiger partial charge in [0.2, 0.25) is 0 Å². The molecular weight excluding hydrogens is 258 g/mol. The quantitative estimate of drug-likeness (QED) is 0.845. The van der Waals surface area contributed by atoms with Gasteiger partial charge in [-0.2, -0.15) is 0 Å². The highest BCUT2D eigenvalue weighted by Gasteiger charge is 2.14. The van der Waals surface area contributed by atoms with E-state index in [9.17, 15) is 0 Å². The van der Waals surface area contributed by atoms with Crippen molar-refractivity contribution >= 4 is 0 Å². The van der Waals surface area contributed by atoms with Crippen LogP contribution in [0.15, 0.2) is 54.6 Å². The van der Waals surface area contributed by atoms with Crippen LogP contribution >= 0.6 is 0 Å². The van der Waals surface area contributed by atoms with E-state index in [4.69, 9.17) is 4.74 Å². The summed E-state index contributed by atoms with van der Waals surface area (Å²) in [6, 6.07) is 19.6. The fourth-order valence-corrected chi connectivity index (χ4v) is 2.91. The second-order valence-electron chi connectivity index (χ2n) is 5.80. The van der Waals surface area contributed by atoms with E-state index in [0.717, 1.165) is 32.8 Å². The van der Waals surface area contributed by atoms with Crippen molar-refractivity contribution < 1.29 is 4.74 Å². The zero-order valence-corrected chi connectivity index (χ0v) is 12.7. The van der Waals surface area contributed by atoms with E-state index in [1.54, 1.807) is 0 Å². The van der Waals surface area contributed by atoms with Gasteiger partial charge in [-0.1, -0.05) is 61.5 Å². The minimum Gasteiger partial charge on any atom is -0.379 e. The van der Waals surface area contributed by atoms with Crippen molar-refractivity contribution in [3.8, 4) is 11.1 Å². The maximum Gasteiger partial charge on any atom is 0.0594 e. The molecule has 0 aliphatic carbocycles. The zero-order valence-electron chi connectivity index (χ0n) is 12.7. The van der Waals surface area contributed by atoms with E-state index in [0.29, 0.717) is 5.92 Å². The Morgan fingerprint density at radius 2 is 1.52 bits per heavy atom. The van der Waals surface area contributed by atoms with Crippen LogP contribution < -0.4 is 0 Å². The molecule has 2 heteroatoms. The van der Waals surface area contributed by atoms with Crippen LogP contribution in [0.3, 0.4) is 0 Å². The highest BCUT2D eigenvalue weighted by atomic mass is 16.5. The first-order chi connectivity index (χ1) is 10.3. The van der Waals surface area contributed by atoms with Gasteiger partial charge in [0.05, 0.1) is 13.2 Å². The van der Waals surface area contributed by atoms with Gasteiger partial charge in [0.15, 0.2) is 0 Å². The van der Waals surface area contributed by atoms with Crippen molar-refractivity contribution in [1.82, 2.24) is 4.90 Å². The van der Waals surface area contributed by atoms with Gasteiger partial charge in [0, 0.05) is 19.6 Å². The van der Waals surface area contributed by atoms with Gasteiger partial charge in [-0.25, -0.2) is 0 Å². The van der Waals surface area contributed by atoms with E-state index in [-0.39, 0.29) is 0 Å². The third kappa shape index (κ3) is 3.72. The normalized spacial score (nSPS) is 17.6. The Labute approximate surface area is 127 Å². The summed E-state index contributed by atoms with van der Waals surface area (Å²) in [5.41, 5.74) is 3.99. The average Bonchev–Trinajstić information content (AvgIpc) is 2.57. The predicted molar refractivity (Wildman–Crippen MR) is 87.6 cm³/mol. The molecule has 110 valence electrons. The lowest BCUT2D eigenvalue weighted by molar-refractivity contribution is 0.0357. The first-order valence-corrected chi connectivity index (χ1v) is 7.78. The molecule has 3 rings (SSSR count). The molecule has 0 radical (unpaired) electrons. The van der Waals surface area contributed by atoms with E-state index >= 15 is 0 Å². The van der Waals surface area contributed by atoms with E-state index in [2.05, 4.69) is 66.4 Å². The Balaban J connectivity index is 1.66. The Morgan fingerprint density at radius 3 is 2.19 bits per heavy atom. The molecule has 0 amide bonds. The van der Waals surface area contributed by atoms with Crippen LogP contribution in [0.5, 0.6) is 0 Å². The molecule has 1 aliphatic rings. The molecule has 0 bridgehead atoms. The lowest BCUT2D eigenvalue weighted by atomic mass is 9.97. The van der Waals surface area contributed by atoms with Gasteiger partial charge in [-0.05, 0) is 22.6 Å². The van der Waals surface area contributed by atoms with Crippen LogP contribution in [0.1, 0.15) is 18.4 Å². The van der Waals surface area contributed by atoms with E-state index in [1.165, 1.54) is 16.7 Å². The number of morpholine rings is 1. The summed E-state index contributed by atoms with van der Waals surface area (Å²) in [5.74, 6) is 0.563. The summed E-state index contributed by atoms with van der Waals surface area (Å²) in [7, 11) is 0. The zero-order chi connectivity index (χ0) is 14.5. The second-order valence-corrected chi connectivity index (χ2v) is 5.80. The summed E-state index contributed by atoms with van der Waals surface area (Å²) in [4.78, 5) is 2.50. The summed E-state index contributed by atoms with van der Waals surface area (Å²) >= 11 is 0. The minimum atomic E-state index is 0.563. The number of nitrogens with zero attached hydrogens (tertiary/aromatic N) is 1. The molecule has 0 unspecified atom stereocenters. The average molecular weight is 281 g/mol. The number of hydrogen-bond donors (Lipinski definition) is 0. The molecule has 2 aromatic carbocycles. The molecule has 2 nitrogen and oxygen atoms in total. The molecule has 0 aromatic heterocycles. The van der Waals surface area contributed by atoms with Gasteiger partial charge in [0.1, 0.15) is 0 Å². The highest BCUT2D eigenvalue weighted by molar-refractivity contribution is 5.63. The standard InChI is InChI=1S/C19H23NO/c1-16(15-20-11-13-21-14-12-20)17-7-9-19(10-8-17)18-5-3-2-4-6-18/h2-10,16H,11-15H2,1H3/t16-/m0/s1. The Morgan fingerprint density at radius 1 is 0.905 bits per heavy atom. The Kier molecular flexibility index (Phi) is 4.69. The second kappa shape index (κ2) is 6.88. The molecule has 1 atom stereocenters. The molecule has 0 N–H and O–H groups in total. The summed E-state index contributed by atoms with van der Waals surface area (Å²) in [5, 5.41) is 0. The van der Waals surface area contributed by atoms with Crippen LogP contribution in [0.25, 0.3) is 11.1 Å². The topological polar surface area (TPSA) is 12.5 Å². The lowest BCUT2D eigenvalue weighted by Crippen LogP contribution is -2.38. The maximum atomic E-state index is 5.41. The largest absolute Gasteiger partial charge is 0.379 e. The minimum absolute atomic E-state index is 0.563. The first kappa shape index (κ1) is 14.3. The van der Waals surface area contributed by atoms with Crippen LogP contribution in [-0.4, -0.2) is 37.7 Å². The molecule has 21 heavy (non-hydrogen) atoms. The monoisotopic (exact) mass is 281 g/mol. The number of rotatable bonds is 4. The lowest BCUT2D eigenvalue weighted by Gasteiger charge is -2.29. The van der Waals surface area contributed by atoms with Crippen molar-refractivity contribution in [2.24, 2.45) is 0 Å². The van der Waals surface area contributed by atoms with Crippen LogP contribution in [0.2, 0.25) is 0 Å². The summed E-state index contributed by atoms with van der Waals surface area (Å²) in [6.45, 7) is 7.30. The fourth-order valence-electron chi connectivity index (χ4n) is 2.91. The number of hydrogen-bond acceptors (Lipinski definition) is 2. The molecule has 0 saturated carbocycles. The molecule has 1 saturated heterocycles. The smallest absolute Gasteiger partial charge is 0.0594 e. The first-order valence-electron chi connectivity index (χ1n) is 7.78. The molecule has 0 spiro atoms. The van der Waals surface area contributed by atoms with Crippen molar-refractivity contribution in [1.29, 1.82) is 0 Å². The maximum absolute atomic E-state index is 5.41. The Hall–Kier alpha value is -1.64. The summed E-state index contributed by atoms with van der Waals surface area (Å²) in [6.07, 6.45) is 0. The third-order valence-electron chi connectivity index (χ3n) is 4.22. The number of ether oxygens (including phenoxy) is 1. The molecule has 1 heterocycles. The van der Waals surface area contributed by atoms with Gasteiger partial charge in [0.25, 0.3) is 0 Å². The Bertz CT molecular complexity index is 544. The third-order valence-corrected chi connectivity index (χ3v) is 4.22. The van der Waals surface area contributed by atoms with Crippen molar-refractivity contribution in [2.45, 2.75) is 12.8 Å². The van der Waals surface area contributed by atoms with Gasteiger partial charge in [-0.3, -0.25) is 4.90 Å². The van der Waals surface area contributed by atoms with E-state index in [1.807, 2.05) is 0 Å². The molecular formula is C19H23NO. The number of benzene rings is 2. The SMILES string of the molecule is C[C@@H](CN1CCOCC1)c1ccc(-c2ccccc2)cc1.